The predicted molar refractivity (Wildman–Crippen MR) is 74.0 cm³/mol. The van der Waals surface area contributed by atoms with E-state index in [0.29, 0.717) is 5.69 Å². The number of aliphatic hydroxyl groups is 1. The number of nitrogens with two attached hydrogens (primary N) is 1. The topological polar surface area (TPSA) is 101 Å². The molecule has 4 N–H and O–H groups in total. The van der Waals surface area contributed by atoms with Crippen LogP contribution in [0.1, 0.15) is 25.7 Å². The van der Waals surface area contributed by atoms with Crippen molar-refractivity contribution in [2.24, 2.45) is 5.92 Å². The summed E-state index contributed by atoms with van der Waals surface area (Å²) in [4.78, 5) is 10.6. The Hall–Kier alpha value is -1.82. The van der Waals surface area contributed by atoms with Gasteiger partial charge in [0.15, 0.2) is 0 Å². The Morgan fingerprint density at radius 1 is 1.42 bits per heavy atom. The van der Waals surface area contributed by atoms with Crippen molar-refractivity contribution >= 4 is 17.1 Å². The van der Waals surface area contributed by atoms with Gasteiger partial charge in [-0.25, -0.2) is 0 Å². The van der Waals surface area contributed by atoms with Gasteiger partial charge in [-0.3, -0.25) is 10.1 Å². The Bertz CT molecular complexity index is 464. The fraction of sp³-hybridized carbons (Fsp3) is 0.538. The molecule has 2 rings (SSSR count). The molecule has 2 atom stereocenters. The largest absolute Gasteiger partial charge is 0.396 e. The second-order valence-corrected chi connectivity index (χ2v) is 4.98. The highest BCUT2D eigenvalue weighted by atomic mass is 16.6. The average molecular weight is 265 g/mol. The van der Waals surface area contributed by atoms with Gasteiger partial charge in [0.2, 0.25) is 0 Å². The van der Waals surface area contributed by atoms with E-state index in [2.05, 4.69) is 5.32 Å². The first kappa shape index (κ1) is 13.6. The monoisotopic (exact) mass is 265 g/mol. The lowest BCUT2D eigenvalue weighted by Crippen LogP contribution is -2.34. The molecule has 1 fully saturated rings. The van der Waals surface area contributed by atoms with Crippen LogP contribution in [0.3, 0.4) is 0 Å². The molecule has 1 aliphatic carbocycles. The van der Waals surface area contributed by atoms with Crippen LogP contribution in [0.4, 0.5) is 17.1 Å². The molecule has 2 unspecified atom stereocenters. The highest BCUT2D eigenvalue weighted by molar-refractivity contribution is 5.74. The maximum Gasteiger partial charge on any atom is 0.314 e. The van der Waals surface area contributed by atoms with Crippen molar-refractivity contribution in [1.82, 2.24) is 0 Å². The van der Waals surface area contributed by atoms with Crippen LogP contribution < -0.4 is 11.1 Å². The number of aliphatic hydroxyl groups excluding tert-OH is 1. The van der Waals surface area contributed by atoms with E-state index < -0.39 is 4.92 Å². The van der Waals surface area contributed by atoms with E-state index in [9.17, 15) is 15.2 Å². The number of anilines is 2. The summed E-state index contributed by atoms with van der Waals surface area (Å²) < 4.78 is 0. The molecule has 0 heterocycles. The lowest BCUT2D eigenvalue weighted by Gasteiger charge is -2.31. The first-order valence-electron chi connectivity index (χ1n) is 6.53. The van der Waals surface area contributed by atoms with Crippen LogP contribution in [0.15, 0.2) is 18.2 Å². The van der Waals surface area contributed by atoms with Gasteiger partial charge in [0.25, 0.3) is 0 Å². The predicted octanol–water partition coefficient (Wildman–Crippen LogP) is 2.14. The number of nitro benzene ring substituents is 1. The molecule has 6 nitrogen and oxygen atoms in total. The summed E-state index contributed by atoms with van der Waals surface area (Å²) in [5, 5.41) is 23.6. The molecule has 0 radical (unpaired) electrons. The minimum atomic E-state index is -0.464. The molecule has 1 saturated carbocycles. The van der Waals surface area contributed by atoms with Crippen molar-refractivity contribution in [2.75, 3.05) is 17.7 Å². The number of hydrogen-bond donors (Lipinski definition) is 3. The highest BCUT2D eigenvalue weighted by Crippen LogP contribution is 2.34. The lowest BCUT2D eigenvalue weighted by molar-refractivity contribution is -0.383. The molecule has 1 aliphatic rings. The van der Waals surface area contributed by atoms with E-state index in [1.165, 1.54) is 6.07 Å². The molecule has 6 heteroatoms. The maximum absolute atomic E-state index is 11.1. The quantitative estimate of drug-likeness (QED) is 0.440. The standard InChI is InChI=1S/C13H19N3O3/c14-10-5-3-7-12(13(10)16(18)19)15-11-6-2-1-4-9(11)8-17/h3,5,7,9,11,15,17H,1-2,4,6,8,14H2. The van der Waals surface area contributed by atoms with Crippen LogP contribution in [0.25, 0.3) is 0 Å². The van der Waals surface area contributed by atoms with E-state index in [-0.39, 0.29) is 29.9 Å². The van der Waals surface area contributed by atoms with Crippen LogP contribution in [0, 0.1) is 16.0 Å². The number of hydrogen-bond acceptors (Lipinski definition) is 5. The molecule has 0 aromatic heterocycles. The zero-order chi connectivity index (χ0) is 13.8. The Balaban J connectivity index is 2.22. The first-order chi connectivity index (χ1) is 9.13. The number of nitrogens with zero attached hydrogens (tertiary/aromatic N) is 1. The van der Waals surface area contributed by atoms with Crippen molar-refractivity contribution in [3.8, 4) is 0 Å². The number of nitrogen functional groups attached to an aromatic ring is 1. The summed E-state index contributed by atoms with van der Waals surface area (Å²) in [5.41, 5.74) is 6.18. The summed E-state index contributed by atoms with van der Waals surface area (Å²) in [6, 6.07) is 4.95. The third kappa shape index (κ3) is 2.96. The molecule has 1 aromatic carbocycles. The summed E-state index contributed by atoms with van der Waals surface area (Å²) in [6.07, 6.45) is 4.04. The molecular weight excluding hydrogens is 246 g/mol. The lowest BCUT2D eigenvalue weighted by atomic mass is 9.85. The number of para-hydroxylation sites is 1. The van der Waals surface area contributed by atoms with Crippen LogP contribution in [-0.4, -0.2) is 22.7 Å². The average Bonchev–Trinajstić information content (AvgIpc) is 2.39. The van der Waals surface area contributed by atoms with Crippen LogP contribution in [-0.2, 0) is 0 Å². The van der Waals surface area contributed by atoms with Gasteiger partial charge in [0, 0.05) is 18.6 Å². The SMILES string of the molecule is Nc1cccc(NC2CCCCC2CO)c1[N+](=O)[O-]. The molecule has 0 saturated heterocycles. The summed E-state index contributed by atoms with van der Waals surface area (Å²) in [5.74, 6) is 0.148. The van der Waals surface area contributed by atoms with Crippen molar-refractivity contribution in [3.05, 3.63) is 28.3 Å². The number of nitro groups is 1. The fourth-order valence-corrected chi connectivity index (χ4v) is 2.70. The Kier molecular flexibility index (Phi) is 4.21. The zero-order valence-electron chi connectivity index (χ0n) is 10.7. The second kappa shape index (κ2) is 5.88. The summed E-state index contributed by atoms with van der Waals surface area (Å²) in [7, 11) is 0. The van der Waals surface area contributed by atoms with Gasteiger partial charge in [-0.2, -0.15) is 0 Å². The van der Waals surface area contributed by atoms with Gasteiger partial charge < -0.3 is 16.2 Å². The van der Waals surface area contributed by atoms with Crippen LogP contribution >= 0.6 is 0 Å². The van der Waals surface area contributed by atoms with Gasteiger partial charge in [0.1, 0.15) is 11.4 Å². The zero-order valence-corrected chi connectivity index (χ0v) is 10.7. The van der Waals surface area contributed by atoms with Gasteiger partial charge in [-0.05, 0) is 25.0 Å². The van der Waals surface area contributed by atoms with E-state index in [1.807, 2.05) is 0 Å². The smallest absolute Gasteiger partial charge is 0.314 e. The molecule has 0 amide bonds. The Labute approximate surface area is 111 Å². The van der Waals surface area contributed by atoms with Crippen LogP contribution in [0.2, 0.25) is 0 Å². The molecule has 19 heavy (non-hydrogen) atoms. The minimum absolute atomic E-state index is 0.0687. The van der Waals surface area contributed by atoms with E-state index in [4.69, 9.17) is 5.73 Å². The molecule has 0 spiro atoms. The fourth-order valence-electron chi connectivity index (χ4n) is 2.70. The van der Waals surface area contributed by atoms with Gasteiger partial charge >= 0.3 is 5.69 Å². The summed E-state index contributed by atoms with van der Waals surface area (Å²) in [6.45, 7) is 0.105. The normalized spacial score (nSPS) is 23.0. The van der Waals surface area contributed by atoms with Crippen molar-refractivity contribution in [2.45, 2.75) is 31.7 Å². The van der Waals surface area contributed by atoms with Crippen LogP contribution in [0.5, 0.6) is 0 Å². The molecule has 0 bridgehead atoms. The molecule has 0 aliphatic heterocycles. The number of nitrogens with one attached hydrogen (secondary N) is 1. The van der Waals surface area contributed by atoms with E-state index >= 15 is 0 Å². The van der Waals surface area contributed by atoms with Gasteiger partial charge in [-0.15, -0.1) is 0 Å². The molecular formula is C13H19N3O3. The first-order valence-corrected chi connectivity index (χ1v) is 6.53. The van der Waals surface area contributed by atoms with Crippen molar-refractivity contribution in [1.29, 1.82) is 0 Å². The van der Waals surface area contributed by atoms with Crippen molar-refractivity contribution in [3.63, 3.8) is 0 Å². The Morgan fingerprint density at radius 3 is 2.84 bits per heavy atom. The van der Waals surface area contributed by atoms with Gasteiger partial charge in [-0.1, -0.05) is 18.9 Å². The number of benzene rings is 1. The highest BCUT2D eigenvalue weighted by Gasteiger charge is 2.27. The maximum atomic E-state index is 11.1. The Morgan fingerprint density at radius 2 is 2.16 bits per heavy atom. The third-order valence-electron chi connectivity index (χ3n) is 3.73. The minimum Gasteiger partial charge on any atom is -0.396 e. The van der Waals surface area contributed by atoms with Gasteiger partial charge in [0.05, 0.1) is 4.92 Å². The second-order valence-electron chi connectivity index (χ2n) is 4.98. The van der Waals surface area contributed by atoms with Crippen molar-refractivity contribution < 1.29 is 10.0 Å². The number of rotatable bonds is 4. The van der Waals surface area contributed by atoms with E-state index in [0.717, 1.165) is 25.7 Å². The summed E-state index contributed by atoms with van der Waals surface area (Å²) >= 11 is 0. The molecule has 1 aromatic rings. The molecule has 104 valence electrons. The van der Waals surface area contributed by atoms with E-state index in [1.54, 1.807) is 12.1 Å². The third-order valence-corrected chi connectivity index (χ3v) is 3.73.